The number of hydrogen-bond donors (Lipinski definition) is 3. The molecule has 1 aliphatic heterocycles. The Kier molecular flexibility index (Phi) is 10.2. The fourth-order valence-corrected chi connectivity index (χ4v) is 5.83. The summed E-state index contributed by atoms with van der Waals surface area (Å²) in [5, 5.41) is 8.89. The van der Waals surface area contributed by atoms with Crippen LogP contribution in [0.4, 0.5) is 21.9 Å². The average Bonchev–Trinajstić information content (AvgIpc) is 3.03. The van der Waals surface area contributed by atoms with E-state index in [0.717, 1.165) is 49.4 Å². The summed E-state index contributed by atoms with van der Waals surface area (Å²) in [5.74, 6) is 0.491. The van der Waals surface area contributed by atoms with E-state index in [1.807, 2.05) is 60.9 Å². The van der Waals surface area contributed by atoms with Gasteiger partial charge in [0.1, 0.15) is 0 Å². The number of benzene rings is 4. The smallest absolute Gasteiger partial charge is 0.323 e. The molecule has 4 aromatic carbocycles. The summed E-state index contributed by atoms with van der Waals surface area (Å²) in [7, 11) is 0. The number of piperidine rings is 1. The van der Waals surface area contributed by atoms with Crippen molar-refractivity contribution in [2.24, 2.45) is 5.92 Å². The predicted molar refractivity (Wildman–Crippen MR) is 175 cm³/mol. The van der Waals surface area contributed by atoms with E-state index in [0.29, 0.717) is 29.4 Å². The van der Waals surface area contributed by atoms with E-state index in [1.165, 1.54) is 11.1 Å². The first-order chi connectivity index (χ1) is 20.6. The van der Waals surface area contributed by atoms with E-state index in [9.17, 15) is 9.59 Å². The number of nitrogens with one attached hydrogen (secondary N) is 3. The number of carbonyl (C=O) groups excluding carboxylic acids is 2. The summed E-state index contributed by atoms with van der Waals surface area (Å²) in [5.41, 5.74) is 5.32. The van der Waals surface area contributed by atoms with Crippen LogP contribution in [0.2, 0.25) is 0 Å². The van der Waals surface area contributed by atoms with E-state index >= 15 is 0 Å². The zero-order chi connectivity index (χ0) is 29.1. The molecule has 0 bridgehead atoms. The second-order valence-corrected chi connectivity index (χ2v) is 11.5. The monoisotopic (exact) mass is 578 g/mol. The first-order valence-corrected chi connectivity index (χ1v) is 15.8. The molecule has 42 heavy (non-hydrogen) atoms. The number of thioether (sulfide) groups is 1. The highest BCUT2D eigenvalue weighted by molar-refractivity contribution is 7.98. The van der Waals surface area contributed by atoms with Gasteiger partial charge in [0.25, 0.3) is 5.91 Å². The topological polar surface area (TPSA) is 73.5 Å². The van der Waals surface area contributed by atoms with Gasteiger partial charge in [-0.1, -0.05) is 60.7 Å². The highest BCUT2D eigenvalue weighted by Crippen LogP contribution is 2.30. The van der Waals surface area contributed by atoms with Gasteiger partial charge in [0, 0.05) is 41.6 Å². The lowest BCUT2D eigenvalue weighted by molar-refractivity contribution is 0.0954. The molecule has 6 nitrogen and oxygen atoms in total. The van der Waals surface area contributed by atoms with Crippen LogP contribution in [-0.2, 0) is 12.8 Å². The molecular weight excluding hydrogens is 540 g/mol. The van der Waals surface area contributed by atoms with Crippen LogP contribution >= 0.6 is 11.8 Å². The SMILES string of the molecule is CSc1ccc(NC(=O)Nc2ccc(N3CCC(Cc4ccccc4)CC3)c(C(=O)NCCc3ccccc3)c2)cc1. The van der Waals surface area contributed by atoms with E-state index in [4.69, 9.17) is 0 Å². The number of nitrogens with zero attached hydrogens (tertiary/aromatic N) is 1. The standard InChI is InChI=1S/C35H38N4O2S/c1-42-31-15-12-29(13-16-31)37-35(41)38-30-14-17-33(32(25-30)34(40)36-21-18-26-8-4-2-5-9-26)39-22-19-28(20-23-39)24-27-10-6-3-7-11-27/h2-17,25,28H,18-24H2,1H3,(H,36,40)(H2,37,38,41). The first-order valence-electron chi connectivity index (χ1n) is 14.5. The first kappa shape index (κ1) is 29.3. The van der Waals surface area contributed by atoms with Crippen molar-refractivity contribution >= 4 is 40.8 Å². The van der Waals surface area contributed by atoms with Crippen LogP contribution in [0.5, 0.6) is 0 Å². The number of anilines is 3. The van der Waals surface area contributed by atoms with Crippen LogP contribution in [0.1, 0.15) is 34.3 Å². The van der Waals surface area contributed by atoms with E-state index in [2.05, 4.69) is 63.3 Å². The third kappa shape index (κ3) is 8.17. The van der Waals surface area contributed by atoms with Crippen LogP contribution in [0, 0.1) is 5.92 Å². The molecule has 0 aliphatic carbocycles. The lowest BCUT2D eigenvalue weighted by Crippen LogP contribution is -2.36. The Morgan fingerprint density at radius 3 is 2.07 bits per heavy atom. The molecule has 5 rings (SSSR count). The zero-order valence-corrected chi connectivity index (χ0v) is 24.8. The second kappa shape index (κ2) is 14.6. The molecule has 3 amide bonds. The molecule has 3 N–H and O–H groups in total. The molecule has 216 valence electrons. The van der Waals surface area contributed by atoms with E-state index < -0.39 is 0 Å². The van der Waals surface area contributed by atoms with Crippen LogP contribution in [-0.4, -0.2) is 37.8 Å². The van der Waals surface area contributed by atoms with Gasteiger partial charge < -0.3 is 20.9 Å². The number of urea groups is 1. The van der Waals surface area contributed by atoms with Gasteiger partial charge in [0.15, 0.2) is 0 Å². The van der Waals surface area contributed by atoms with Gasteiger partial charge in [0.05, 0.1) is 5.56 Å². The van der Waals surface area contributed by atoms with Crippen LogP contribution in [0.15, 0.2) is 108 Å². The number of carbonyl (C=O) groups is 2. The Labute approximate surface area is 252 Å². The fraction of sp³-hybridized carbons (Fsp3) is 0.257. The Morgan fingerprint density at radius 2 is 1.40 bits per heavy atom. The lowest BCUT2D eigenvalue weighted by atomic mass is 9.89. The van der Waals surface area contributed by atoms with Crippen molar-refractivity contribution in [2.45, 2.75) is 30.6 Å². The Morgan fingerprint density at radius 1 is 0.786 bits per heavy atom. The third-order valence-electron chi connectivity index (χ3n) is 7.71. The normalized spacial score (nSPS) is 13.4. The highest BCUT2D eigenvalue weighted by Gasteiger charge is 2.24. The summed E-state index contributed by atoms with van der Waals surface area (Å²) in [6.45, 7) is 2.31. The molecule has 1 saturated heterocycles. The maximum atomic E-state index is 13.5. The van der Waals surface area contributed by atoms with Crippen LogP contribution in [0.3, 0.4) is 0 Å². The van der Waals surface area contributed by atoms with Crippen molar-refractivity contribution in [2.75, 3.05) is 41.4 Å². The van der Waals surface area contributed by atoms with Crippen molar-refractivity contribution in [3.05, 3.63) is 120 Å². The lowest BCUT2D eigenvalue weighted by Gasteiger charge is -2.35. The number of hydrogen-bond acceptors (Lipinski definition) is 4. The molecule has 0 aromatic heterocycles. The molecule has 0 unspecified atom stereocenters. The minimum Gasteiger partial charge on any atom is -0.371 e. The van der Waals surface area contributed by atoms with Gasteiger partial charge in [-0.2, -0.15) is 0 Å². The summed E-state index contributed by atoms with van der Waals surface area (Å²) in [6, 6.07) is 33.8. The maximum absolute atomic E-state index is 13.5. The predicted octanol–water partition coefficient (Wildman–Crippen LogP) is 7.48. The molecule has 0 spiro atoms. The Bertz CT molecular complexity index is 1450. The van der Waals surface area contributed by atoms with Gasteiger partial charge in [0.2, 0.25) is 0 Å². The molecule has 1 fully saturated rings. The van der Waals surface area contributed by atoms with Gasteiger partial charge in [-0.3, -0.25) is 4.79 Å². The van der Waals surface area contributed by atoms with Crippen LogP contribution < -0.4 is 20.9 Å². The molecular formula is C35H38N4O2S. The van der Waals surface area contributed by atoms with Gasteiger partial charge in [-0.05, 0) is 91.4 Å². The maximum Gasteiger partial charge on any atom is 0.323 e. The largest absolute Gasteiger partial charge is 0.371 e. The van der Waals surface area contributed by atoms with Crippen molar-refractivity contribution in [1.82, 2.24) is 5.32 Å². The third-order valence-corrected chi connectivity index (χ3v) is 8.45. The minimum absolute atomic E-state index is 0.135. The Hall–Kier alpha value is -4.23. The fourth-order valence-electron chi connectivity index (χ4n) is 5.42. The number of rotatable bonds is 10. The van der Waals surface area contributed by atoms with Crippen molar-refractivity contribution in [3.8, 4) is 0 Å². The van der Waals surface area contributed by atoms with E-state index in [-0.39, 0.29) is 11.9 Å². The molecule has 7 heteroatoms. The molecule has 0 radical (unpaired) electrons. The Balaban J connectivity index is 1.27. The summed E-state index contributed by atoms with van der Waals surface area (Å²) in [4.78, 5) is 29.7. The van der Waals surface area contributed by atoms with Crippen molar-refractivity contribution in [1.29, 1.82) is 0 Å². The molecule has 1 aliphatic rings. The van der Waals surface area contributed by atoms with Crippen molar-refractivity contribution < 1.29 is 9.59 Å². The average molecular weight is 579 g/mol. The number of amides is 3. The van der Waals surface area contributed by atoms with Gasteiger partial charge >= 0.3 is 6.03 Å². The summed E-state index contributed by atoms with van der Waals surface area (Å²) >= 11 is 1.65. The highest BCUT2D eigenvalue weighted by atomic mass is 32.2. The second-order valence-electron chi connectivity index (χ2n) is 10.7. The van der Waals surface area contributed by atoms with E-state index in [1.54, 1.807) is 17.8 Å². The van der Waals surface area contributed by atoms with Crippen LogP contribution in [0.25, 0.3) is 0 Å². The minimum atomic E-state index is -0.350. The molecule has 0 saturated carbocycles. The summed E-state index contributed by atoms with van der Waals surface area (Å²) < 4.78 is 0. The quantitative estimate of drug-likeness (QED) is 0.171. The van der Waals surface area contributed by atoms with Gasteiger partial charge in [-0.25, -0.2) is 4.79 Å². The van der Waals surface area contributed by atoms with Gasteiger partial charge in [-0.15, -0.1) is 11.8 Å². The zero-order valence-electron chi connectivity index (χ0n) is 24.0. The van der Waals surface area contributed by atoms with Crippen molar-refractivity contribution in [3.63, 3.8) is 0 Å². The molecule has 1 heterocycles. The summed E-state index contributed by atoms with van der Waals surface area (Å²) in [6.07, 6.45) is 5.99. The molecule has 4 aromatic rings. The molecule has 0 atom stereocenters.